The molecule has 88 valence electrons. The molecule has 0 bridgehead atoms. The van der Waals surface area contributed by atoms with Crippen LogP contribution in [0.4, 0.5) is 5.69 Å². The van der Waals surface area contributed by atoms with E-state index in [-0.39, 0.29) is 17.6 Å². The van der Waals surface area contributed by atoms with Crippen LogP contribution in [0.3, 0.4) is 0 Å². The van der Waals surface area contributed by atoms with Crippen molar-refractivity contribution >= 4 is 22.9 Å². The third-order valence-electron chi connectivity index (χ3n) is 2.37. The lowest BCUT2D eigenvalue weighted by molar-refractivity contribution is 0.0936. The number of carbonyl (C=O) groups is 1. The van der Waals surface area contributed by atoms with Gasteiger partial charge in [0.2, 0.25) is 0 Å². The average Bonchev–Trinajstić information content (AvgIpc) is 2.82. The number of anilines is 1. The molecule has 0 fully saturated rings. The quantitative estimate of drug-likeness (QED) is 0.873. The summed E-state index contributed by atoms with van der Waals surface area (Å²) in [5, 5.41) is 4.85. The first kappa shape index (κ1) is 11.6. The van der Waals surface area contributed by atoms with E-state index in [1.165, 1.54) is 0 Å². The van der Waals surface area contributed by atoms with Crippen LogP contribution in [0.5, 0.6) is 0 Å². The van der Waals surface area contributed by atoms with Crippen LogP contribution in [0.1, 0.15) is 28.3 Å². The molecule has 0 aliphatic carbocycles. The topological polar surface area (TPSA) is 68.0 Å². The lowest BCUT2D eigenvalue weighted by atomic mass is 10.2. The van der Waals surface area contributed by atoms with Crippen molar-refractivity contribution in [1.82, 2.24) is 10.3 Å². The first-order valence-corrected chi connectivity index (χ1v) is 6.11. The summed E-state index contributed by atoms with van der Waals surface area (Å²) < 4.78 is 0. The summed E-state index contributed by atoms with van der Waals surface area (Å²) in [4.78, 5) is 17.0. The van der Waals surface area contributed by atoms with E-state index in [0.717, 1.165) is 4.88 Å². The Hall–Kier alpha value is -1.88. The molecule has 1 atom stereocenters. The van der Waals surface area contributed by atoms with E-state index in [0.29, 0.717) is 5.69 Å². The summed E-state index contributed by atoms with van der Waals surface area (Å²) in [5.74, 6) is -0.246. The highest BCUT2D eigenvalue weighted by molar-refractivity contribution is 7.10. The Morgan fingerprint density at radius 3 is 2.94 bits per heavy atom. The molecule has 2 aromatic rings. The molecule has 1 unspecified atom stereocenters. The van der Waals surface area contributed by atoms with Gasteiger partial charge in [-0.05, 0) is 30.5 Å². The third-order valence-corrected chi connectivity index (χ3v) is 3.43. The van der Waals surface area contributed by atoms with Crippen LogP contribution >= 0.6 is 11.3 Å². The predicted molar refractivity (Wildman–Crippen MR) is 68.8 cm³/mol. The zero-order valence-electron chi connectivity index (χ0n) is 9.38. The van der Waals surface area contributed by atoms with Gasteiger partial charge in [-0.1, -0.05) is 6.07 Å². The van der Waals surface area contributed by atoms with E-state index < -0.39 is 0 Å². The number of pyridine rings is 1. The Morgan fingerprint density at radius 1 is 1.47 bits per heavy atom. The van der Waals surface area contributed by atoms with Crippen LogP contribution in [0.25, 0.3) is 0 Å². The maximum atomic E-state index is 11.9. The monoisotopic (exact) mass is 247 g/mol. The summed E-state index contributed by atoms with van der Waals surface area (Å²) in [5.41, 5.74) is 6.36. The zero-order valence-corrected chi connectivity index (χ0v) is 10.2. The van der Waals surface area contributed by atoms with Crippen LogP contribution in [-0.4, -0.2) is 10.9 Å². The standard InChI is InChI=1S/C12H13N3OS/c1-8(10-5-3-7-17-10)15-12(16)11-9(13)4-2-6-14-11/h2-8H,13H2,1H3,(H,15,16). The molecule has 0 aliphatic rings. The molecule has 2 rings (SSSR count). The molecular formula is C12H13N3OS. The van der Waals surface area contributed by atoms with Gasteiger partial charge in [-0.25, -0.2) is 4.98 Å². The number of nitrogens with two attached hydrogens (primary N) is 1. The minimum Gasteiger partial charge on any atom is -0.397 e. The molecule has 0 spiro atoms. The number of nitrogens with one attached hydrogen (secondary N) is 1. The Kier molecular flexibility index (Phi) is 3.39. The Bertz CT molecular complexity index is 510. The number of thiophene rings is 1. The van der Waals surface area contributed by atoms with E-state index in [4.69, 9.17) is 5.73 Å². The molecule has 0 aliphatic heterocycles. The SMILES string of the molecule is CC(NC(=O)c1ncccc1N)c1cccs1. The van der Waals surface area contributed by atoms with Gasteiger partial charge < -0.3 is 11.1 Å². The summed E-state index contributed by atoms with van der Waals surface area (Å²) in [7, 11) is 0. The second-order valence-corrected chi connectivity index (χ2v) is 4.63. The number of nitrogens with zero attached hydrogens (tertiary/aromatic N) is 1. The van der Waals surface area contributed by atoms with Crippen molar-refractivity contribution in [2.75, 3.05) is 5.73 Å². The summed E-state index contributed by atoms with van der Waals surface area (Å²) in [6.45, 7) is 1.93. The van der Waals surface area contributed by atoms with Gasteiger partial charge in [-0.15, -0.1) is 11.3 Å². The molecular weight excluding hydrogens is 234 g/mol. The van der Waals surface area contributed by atoms with Crippen LogP contribution in [-0.2, 0) is 0 Å². The molecule has 17 heavy (non-hydrogen) atoms. The lowest BCUT2D eigenvalue weighted by Crippen LogP contribution is -2.27. The number of rotatable bonds is 3. The highest BCUT2D eigenvalue weighted by Crippen LogP contribution is 2.19. The molecule has 2 aromatic heterocycles. The van der Waals surface area contributed by atoms with Crippen molar-refractivity contribution in [1.29, 1.82) is 0 Å². The normalized spacial score (nSPS) is 12.1. The maximum Gasteiger partial charge on any atom is 0.272 e. The smallest absolute Gasteiger partial charge is 0.272 e. The predicted octanol–water partition coefficient (Wildman–Crippen LogP) is 2.22. The molecule has 1 amide bonds. The minimum absolute atomic E-state index is 0.0380. The van der Waals surface area contributed by atoms with Gasteiger partial charge in [0, 0.05) is 11.1 Å². The van der Waals surface area contributed by atoms with Crippen LogP contribution in [0.15, 0.2) is 35.8 Å². The van der Waals surface area contributed by atoms with Gasteiger partial charge in [0.1, 0.15) is 0 Å². The molecule has 4 nitrogen and oxygen atoms in total. The van der Waals surface area contributed by atoms with Gasteiger partial charge in [-0.3, -0.25) is 4.79 Å². The van der Waals surface area contributed by atoms with Gasteiger partial charge in [0.05, 0.1) is 11.7 Å². The molecule has 2 heterocycles. The fourth-order valence-corrected chi connectivity index (χ4v) is 2.22. The van der Waals surface area contributed by atoms with Crippen molar-refractivity contribution in [2.45, 2.75) is 13.0 Å². The Morgan fingerprint density at radius 2 is 2.29 bits per heavy atom. The second kappa shape index (κ2) is 4.97. The second-order valence-electron chi connectivity index (χ2n) is 3.65. The van der Waals surface area contributed by atoms with E-state index in [1.54, 1.807) is 29.7 Å². The summed E-state index contributed by atoms with van der Waals surface area (Å²) in [6.07, 6.45) is 1.56. The minimum atomic E-state index is -0.246. The zero-order chi connectivity index (χ0) is 12.3. The van der Waals surface area contributed by atoms with E-state index in [2.05, 4.69) is 10.3 Å². The number of aromatic nitrogens is 1. The van der Waals surface area contributed by atoms with Gasteiger partial charge in [-0.2, -0.15) is 0 Å². The first-order chi connectivity index (χ1) is 8.18. The van der Waals surface area contributed by atoms with Crippen molar-refractivity contribution in [3.63, 3.8) is 0 Å². The van der Waals surface area contributed by atoms with Crippen LogP contribution < -0.4 is 11.1 Å². The number of nitrogen functional groups attached to an aromatic ring is 1. The molecule has 0 saturated heterocycles. The first-order valence-electron chi connectivity index (χ1n) is 5.23. The molecule has 3 N–H and O–H groups in total. The Balaban J connectivity index is 2.10. The van der Waals surface area contributed by atoms with Crippen molar-refractivity contribution < 1.29 is 4.79 Å². The fraction of sp³-hybridized carbons (Fsp3) is 0.167. The van der Waals surface area contributed by atoms with Gasteiger partial charge in [0.15, 0.2) is 5.69 Å². The van der Waals surface area contributed by atoms with E-state index in [9.17, 15) is 4.79 Å². The number of amides is 1. The molecule has 5 heteroatoms. The fourth-order valence-electron chi connectivity index (χ4n) is 1.48. The highest BCUT2D eigenvalue weighted by atomic mass is 32.1. The van der Waals surface area contributed by atoms with Crippen LogP contribution in [0.2, 0.25) is 0 Å². The molecule has 0 radical (unpaired) electrons. The van der Waals surface area contributed by atoms with Crippen molar-refractivity contribution in [3.8, 4) is 0 Å². The van der Waals surface area contributed by atoms with Crippen molar-refractivity contribution in [3.05, 3.63) is 46.4 Å². The summed E-state index contributed by atoms with van der Waals surface area (Å²) in [6, 6.07) is 7.27. The number of hydrogen-bond donors (Lipinski definition) is 2. The Labute approximate surface area is 103 Å². The maximum absolute atomic E-state index is 11.9. The average molecular weight is 247 g/mol. The number of carbonyl (C=O) groups excluding carboxylic acids is 1. The number of hydrogen-bond acceptors (Lipinski definition) is 4. The third kappa shape index (κ3) is 2.62. The lowest BCUT2D eigenvalue weighted by Gasteiger charge is -2.12. The molecule has 0 aromatic carbocycles. The van der Waals surface area contributed by atoms with Gasteiger partial charge in [0.25, 0.3) is 5.91 Å². The highest BCUT2D eigenvalue weighted by Gasteiger charge is 2.14. The largest absolute Gasteiger partial charge is 0.397 e. The molecule has 0 saturated carbocycles. The van der Waals surface area contributed by atoms with E-state index in [1.807, 2.05) is 24.4 Å². The van der Waals surface area contributed by atoms with Gasteiger partial charge >= 0.3 is 0 Å². The van der Waals surface area contributed by atoms with E-state index >= 15 is 0 Å². The van der Waals surface area contributed by atoms with Crippen molar-refractivity contribution in [2.24, 2.45) is 0 Å². The van der Waals surface area contributed by atoms with Crippen LogP contribution in [0, 0.1) is 0 Å². The summed E-state index contributed by atoms with van der Waals surface area (Å²) >= 11 is 1.61.